The van der Waals surface area contributed by atoms with Gasteiger partial charge in [-0.3, -0.25) is 5.43 Å². The molecule has 1 saturated heterocycles. The maximum absolute atomic E-state index is 5.52. The lowest BCUT2D eigenvalue weighted by molar-refractivity contribution is 0.122. The number of hydrazone groups is 1. The van der Waals surface area contributed by atoms with Crippen molar-refractivity contribution in [1.82, 2.24) is 14.6 Å². The van der Waals surface area contributed by atoms with Crippen LogP contribution < -0.4 is 10.3 Å². The summed E-state index contributed by atoms with van der Waals surface area (Å²) in [6, 6.07) is 14.1. The number of morpholine rings is 1. The average molecular weight is 417 g/mol. The quantitative estimate of drug-likeness (QED) is 0.270. The van der Waals surface area contributed by atoms with Crippen molar-refractivity contribution in [3.05, 3.63) is 42.5 Å². The van der Waals surface area contributed by atoms with Gasteiger partial charge in [-0.05, 0) is 6.42 Å². The molecular weight excluding hydrogens is 388 g/mol. The van der Waals surface area contributed by atoms with Gasteiger partial charge in [0.05, 0.1) is 25.1 Å². The number of fused-ring (bicyclic) bond motifs is 1. The van der Waals surface area contributed by atoms with E-state index < -0.39 is 0 Å². The minimum atomic E-state index is 0.664. The fourth-order valence-corrected chi connectivity index (χ4v) is 3.50. The number of ether oxygens (including phenoxy) is 1. The first-order valence-corrected chi connectivity index (χ1v) is 10.9. The van der Waals surface area contributed by atoms with Crippen molar-refractivity contribution >= 4 is 23.5 Å². The van der Waals surface area contributed by atoms with Gasteiger partial charge < -0.3 is 9.64 Å². The molecule has 1 aliphatic rings. The van der Waals surface area contributed by atoms with Gasteiger partial charge >= 0.3 is 0 Å². The molecule has 0 atom stereocenters. The van der Waals surface area contributed by atoms with Crippen LogP contribution in [0.3, 0.4) is 0 Å². The Morgan fingerprint density at radius 3 is 2.81 bits per heavy atom. The van der Waals surface area contributed by atoms with Gasteiger partial charge in [0.25, 0.3) is 0 Å². The summed E-state index contributed by atoms with van der Waals surface area (Å²) in [7, 11) is 0. The van der Waals surface area contributed by atoms with Crippen LogP contribution in [0.25, 0.3) is 16.9 Å². The molecule has 4 rings (SSSR count). The molecule has 1 fully saturated rings. The highest BCUT2D eigenvalue weighted by molar-refractivity contribution is 5.79. The highest BCUT2D eigenvalue weighted by Crippen LogP contribution is 2.25. The number of benzene rings is 1. The summed E-state index contributed by atoms with van der Waals surface area (Å²) in [6.07, 6.45) is 6.06. The van der Waals surface area contributed by atoms with Gasteiger partial charge in [-0.2, -0.15) is 14.7 Å². The molecule has 2 aromatic heterocycles. The molecular formula is C24H28N6O. The monoisotopic (exact) mass is 416 g/mol. The van der Waals surface area contributed by atoms with Crippen molar-refractivity contribution in [3.63, 3.8) is 0 Å². The largest absolute Gasteiger partial charge is 0.378 e. The summed E-state index contributed by atoms with van der Waals surface area (Å²) in [5.41, 5.74) is 5.75. The molecule has 0 aliphatic carbocycles. The van der Waals surface area contributed by atoms with E-state index in [1.54, 1.807) is 6.21 Å². The van der Waals surface area contributed by atoms with E-state index in [0.29, 0.717) is 19.0 Å². The molecule has 0 spiro atoms. The summed E-state index contributed by atoms with van der Waals surface area (Å²) < 4.78 is 7.42. The number of unbranched alkanes of at least 4 members (excludes halogenated alkanes) is 3. The Morgan fingerprint density at radius 2 is 2.00 bits per heavy atom. The highest BCUT2D eigenvalue weighted by atomic mass is 16.5. The molecule has 7 nitrogen and oxygen atoms in total. The Bertz CT molecular complexity index is 1070. The first-order chi connectivity index (χ1) is 15.3. The van der Waals surface area contributed by atoms with Crippen LogP contribution in [0, 0.1) is 11.8 Å². The average Bonchev–Trinajstić information content (AvgIpc) is 3.26. The molecule has 1 N–H and O–H groups in total. The number of nitrogens with one attached hydrogen (secondary N) is 1. The number of nitrogens with zero attached hydrogens (tertiary/aromatic N) is 5. The predicted molar refractivity (Wildman–Crippen MR) is 125 cm³/mol. The lowest BCUT2D eigenvalue weighted by Gasteiger charge is -2.29. The lowest BCUT2D eigenvalue weighted by atomic mass is 10.2. The van der Waals surface area contributed by atoms with Gasteiger partial charge in [-0.25, -0.2) is 4.98 Å². The maximum atomic E-state index is 5.52. The minimum Gasteiger partial charge on any atom is -0.378 e. The second-order valence-corrected chi connectivity index (χ2v) is 7.41. The van der Waals surface area contributed by atoms with Crippen LogP contribution in [0.1, 0.15) is 32.6 Å². The second kappa shape index (κ2) is 10.6. The Kier molecular flexibility index (Phi) is 7.14. The van der Waals surface area contributed by atoms with E-state index in [1.165, 1.54) is 12.8 Å². The molecule has 7 heteroatoms. The minimum absolute atomic E-state index is 0.664. The van der Waals surface area contributed by atoms with Gasteiger partial charge in [0.2, 0.25) is 0 Å². The van der Waals surface area contributed by atoms with E-state index in [0.717, 1.165) is 48.7 Å². The molecule has 160 valence electrons. The molecule has 3 heterocycles. The van der Waals surface area contributed by atoms with Crippen LogP contribution in [-0.2, 0) is 4.74 Å². The molecule has 0 bridgehead atoms. The van der Waals surface area contributed by atoms with Crippen LogP contribution in [0.5, 0.6) is 0 Å². The van der Waals surface area contributed by atoms with Crippen LogP contribution in [0.15, 0.2) is 47.6 Å². The molecule has 1 aliphatic heterocycles. The van der Waals surface area contributed by atoms with Crippen molar-refractivity contribution in [1.29, 1.82) is 0 Å². The summed E-state index contributed by atoms with van der Waals surface area (Å²) >= 11 is 0. The summed E-state index contributed by atoms with van der Waals surface area (Å²) in [5, 5.41) is 9.06. The first-order valence-electron chi connectivity index (χ1n) is 10.9. The van der Waals surface area contributed by atoms with Crippen molar-refractivity contribution in [2.45, 2.75) is 32.6 Å². The standard InChI is InChI=1S/C24H28N6O/c1-2-3-4-5-6-10-13-25-27-22-19-24(29-14-16-31-17-15-29)30-23(26-22)18-21(28-30)20-11-8-7-9-12-20/h7-9,11-13,18-19H,2-5,14-17H2,1H3,(H,26,27)/b25-13+. The Labute approximate surface area is 183 Å². The number of rotatable bonds is 7. The Morgan fingerprint density at radius 1 is 1.16 bits per heavy atom. The van der Waals surface area contributed by atoms with E-state index in [4.69, 9.17) is 14.8 Å². The molecule has 1 aromatic carbocycles. The third kappa shape index (κ3) is 5.41. The fraction of sp³-hybridized carbons (Fsp3) is 0.375. The maximum Gasteiger partial charge on any atom is 0.160 e. The van der Waals surface area contributed by atoms with Gasteiger partial charge in [-0.15, -0.1) is 0 Å². The normalized spacial score (nSPS) is 14.0. The van der Waals surface area contributed by atoms with E-state index in [2.05, 4.69) is 46.3 Å². The van der Waals surface area contributed by atoms with E-state index in [-0.39, 0.29) is 0 Å². The zero-order chi connectivity index (χ0) is 21.3. The van der Waals surface area contributed by atoms with E-state index >= 15 is 0 Å². The van der Waals surface area contributed by atoms with Crippen LogP contribution in [-0.4, -0.2) is 47.1 Å². The zero-order valence-electron chi connectivity index (χ0n) is 17.9. The smallest absolute Gasteiger partial charge is 0.160 e. The van der Waals surface area contributed by atoms with Crippen molar-refractivity contribution in [3.8, 4) is 23.1 Å². The molecule has 3 aromatic rings. The number of hydrogen-bond acceptors (Lipinski definition) is 6. The van der Waals surface area contributed by atoms with E-state index in [1.807, 2.05) is 34.8 Å². The summed E-state index contributed by atoms with van der Waals surface area (Å²) in [5.74, 6) is 7.74. The SMILES string of the molecule is CCCCCC#C/C=N/Nc1cc(N2CCOCC2)n2nc(-c3ccccc3)cc2n1. The first kappa shape index (κ1) is 20.9. The molecule has 0 saturated carbocycles. The van der Waals surface area contributed by atoms with Crippen molar-refractivity contribution in [2.24, 2.45) is 5.10 Å². The van der Waals surface area contributed by atoms with Crippen LogP contribution >= 0.6 is 0 Å². The number of hydrogen-bond donors (Lipinski definition) is 1. The van der Waals surface area contributed by atoms with Crippen LogP contribution in [0.4, 0.5) is 11.6 Å². The number of aromatic nitrogens is 3. The third-order valence-electron chi connectivity index (χ3n) is 5.13. The zero-order valence-corrected chi connectivity index (χ0v) is 17.9. The third-order valence-corrected chi connectivity index (χ3v) is 5.13. The van der Waals surface area contributed by atoms with Crippen LogP contribution in [0.2, 0.25) is 0 Å². The summed E-state index contributed by atoms with van der Waals surface area (Å²) in [6.45, 7) is 5.21. The molecule has 31 heavy (non-hydrogen) atoms. The molecule has 0 radical (unpaired) electrons. The van der Waals surface area contributed by atoms with E-state index in [9.17, 15) is 0 Å². The highest BCUT2D eigenvalue weighted by Gasteiger charge is 2.18. The van der Waals surface area contributed by atoms with Crippen molar-refractivity contribution < 1.29 is 4.74 Å². The molecule has 0 unspecified atom stereocenters. The van der Waals surface area contributed by atoms with Gasteiger partial charge in [-0.1, -0.05) is 61.9 Å². The van der Waals surface area contributed by atoms with Gasteiger partial charge in [0.1, 0.15) is 5.82 Å². The van der Waals surface area contributed by atoms with Gasteiger partial charge in [0.15, 0.2) is 11.5 Å². The Balaban J connectivity index is 1.58. The Hall–Kier alpha value is -3.37. The van der Waals surface area contributed by atoms with Crippen molar-refractivity contribution in [2.75, 3.05) is 36.6 Å². The van der Waals surface area contributed by atoms with Gasteiger partial charge in [0, 0.05) is 37.2 Å². The summed E-state index contributed by atoms with van der Waals surface area (Å²) in [4.78, 5) is 6.97. The predicted octanol–water partition coefficient (Wildman–Crippen LogP) is 4.21. The second-order valence-electron chi connectivity index (χ2n) is 7.41. The molecule has 0 amide bonds. The lowest BCUT2D eigenvalue weighted by Crippen LogP contribution is -2.37. The number of anilines is 2. The fourth-order valence-electron chi connectivity index (χ4n) is 3.50. The topological polar surface area (TPSA) is 67.0 Å².